The molecule has 0 bridgehead atoms. The molecule has 1 aromatic heterocycles. The fourth-order valence-corrected chi connectivity index (χ4v) is 2.91. The van der Waals surface area contributed by atoms with Crippen LogP contribution in [0.25, 0.3) is 0 Å². The van der Waals surface area contributed by atoms with Crippen LogP contribution in [0.4, 0.5) is 5.82 Å². The molecule has 0 amide bonds. The van der Waals surface area contributed by atoms with Crippen molar-refractivity contribution in [3.8, 4) is 0 Å². The number of rotatable bonds is 4. The van der Waals surface area contributed by atoms with E-state index in [1.165, 1.54) is 6.21 Å². The second-order valence-corrected chi connectivity index (χ2v) is 5.84. The molecular formula is C19H21N5. The Balaban J connectivity index is 2.03. The lowest BCUT2D eigenvalue weighted by Gasteiger charge is -2.19. The molecule has 2 heterocycles. The van der Waals surface area contributed by atoms with Crippen molar-refractivity contribution < 1.29 is 0 Å². The normalized spacial score (nSPS) is 20.6. The summed E-state index contributed by atoms with van der Waals surface area (Å²) in [5, 5.41) is 22.0. The van der Waals surface area contributed by atoms with E-state index in [1.807, 2.05) is 43.5 Å². The van der Waals surface area contributed by atoms with Crippen LogP contribution in [0, 0.1) is 17.7 Å². The van der Waals surface area contributed by atoms with Crippen LogP contribution in [0.5, 0.6) is 0 Å². The van der Waals surface area contributed by atoms with Gasteiger partial charge in [-0.15, -0.1) is 0 Å². The molecule has 1 fully saturated rings. The van der Waals surface area contributed by atoms with Crippen LogP contribution < -0.4 is 10.6 Å². The number of hydrogen-bond acceptors (Lipinski definition) is 5. The second kappa shape index (κ2) is 7.08. The van der Waals surface area contributed by atoms with Gasteiger partial charge >= 0.3 is 0 Å². The highest BCUT2D eigenvalue weighted by Gasteiger charge is 2.21. The number of nitrogens with zero attached hydrogens (tertiary/aromatic N) is 1. The lowest BCUT2D eigenvalue weighted by molar-refractivity contribution is 0.939. The molecule has 0 aromatic carbocycles. The van der Waals surface area contributed by atoms with Gasteiger partial charge < -0.3 is 21.5 Å². The van der Waals surface area contributed by atoms with Gasteiger partial charge in [-0.3, -0.25) is 0 Å². The lowest BCUT2D eigenvalue weighted by Crippen LogP contribution is -2.14. The van der Waals surface area contributed by atoms with Crippen LogP contribution in [-0.2, 0) is 0 Å². The molecule has 0 saturated heterocycles. The van der Waals surface area contributed by atoms with Gasteiger partial charge in [-0.05, 0) is 62.1 Å². The van der Waals surface area contributed by atoms with E-state index in [9.17, 15) is 0 Å². The monoisotopic (exact) mass is 319 g/mol. The number of dihydropyridines is 1. The Morgan fingerprint density at radius 1 is 1.33 bits per heavy atom. The van der Waals surface area contributed by atoms with Crippen LogP contribution in [0.15, 0.2) is 65.2 Å². The molecule has 5 heteroatoms. The molecule has 0 atom stereocenters. The fourth-order valence-electron chi connectivity index (χ4n) is 2.91. The predicted molar refractivity (Wildman–Crippen MR) is 98.4 cm³/mol. The van der Waals surface area contributed by atoms with E-state index in [-0.39, 0.29) is 0 Å². The highest BCUT2D eigenvalue weighted by Crippen LogP contribution is 2.30. The molecule has 2 aliphatic rings. The minimum Gasteiger partial charge on any atom is -0.362 e. The van der Waals surface area contributed by atoms with Gasteiger partial charge in [0.25, 0.3) is 0 Å². The molecule has 0 radical (unpaired) electrons. The van der Waals surface area contributed by atoms with Gasteiger partial charge in [0, 0.05) is 35.1 Å². The van der Waals surface area contributed by atoms with E-state index >= 15 is 0 Å². The molecule has 0 spiro atoms. The minimum absolute atomic E-state index is 0.690. The van der Waals surface area contributed by atoms with Crippen LogP contribution in [0.2, 0.25) is 0 Å². The van der Waals surface area contributed by atoms with Crippen LogP contribution in [0.1, 0.15) is 25.0 Å². The Kier molecular flexibility index (Phi) is 4.70. The van der Waals surface area contributed by atoms with Crippen molar-refractivity contribution in [2.24, 2.45) is 0 Å². The first-order valence-electron chi connectivity index (χ1n) is 8.05. The van der Waals surface area contributed by atoms with Crippen LogP contribution >= 0.6 is 0 Å². The zero-order valence-electron chi connectivity index (χ0n) is 13.7. The van der Waals surface area contributed by atoms with Crippen molar-refractivity contribution in [1.82, 2.24) is 10.3 Å². The third kappa shape index (κ3) is 3.51. The van der Waals surface area contributed by atoms with Gasteiger partial charge in [0.15, 0.2) is 0 Å². The summed E-state index contributed by atoms with van der Waals surface area (Å²) >= 11 is 0. The first-order chi connectivity index (χ1) is 11.7. The number of aromatic nitrogens is 1. The summed E-state index contributed by atoms with van der Waals surface area (Å²) in [7, 11) is 0. The molecule has 4 N–H and O–H groups in total. The number of anilines is 1. The zero-order valence-corrected chi connectivity index (χ0v) is 13.7. The molecule has 1 saturated carbocycles. The molecule has 24 heavy (non-hydrogen) atoms. The summed E-state index contributed by atoms with van der Waals surface area (Å²) < 4.78 is 0. The van der Waals surface area contributed by atoms with E-state index < -0.39 is 0 Å². The van der Waals surface area contributed by atoms with Crippen molar-refractivity contribution in [3.05, 3.63) is 70.9 Å². The van der Waals surface area contributed by atoms with E-state index in [0.717, 1.165) is 53.3 Å². The molecular weight excluding hydrogens is 298 g/mol. The summed E-state index contributed by atoms with van der Waals surface area (Å²) in [6.45, 7) is 1.96. The summed E-state index contributed by atoms with van der Waals surface area (Å²) in [5.41, 5.74) is 5.46. The maximum atomic E-state index is 8.26. The Hall–Kier alpha value is -2.95. The standard InChI is InChI=1S/C19H21N5/c1-13-4-2-7-18(23-13)24-19(16-5-3-6-17(16)21)14-9-11-22-15(12-14)8-10-20/h2,4,7-12,20-22H,3,5-6H2,1H3,(H,23,24)/b15-8-,19-16-,20-10?,21-17?. The smallest absolute Gasteiger partial charge is 0.130 e. The quantitative estimate of drug-likeness (QED) is 0.636. The van der Waals surface area contributed by atoms with Gasteiger partial charge in [0.2, 0.25) is 0 Å². The largest absolute Gasteiger partial charge is 0.362 e. The second-order valence-electron chi connectivity index (χ2n) is 5.84. The number of aryl methyl sites for hydroxylation is 1. The first-order valence-corrected chi connectivity index (χ1v) is 8.05. The van der Waals surface area contributed by atoms with Gasteiger partial charge in [-0.2, -0.15) is 0 Å². The molecule has 1 aliphatic carbocycles. The van der Waals surface area contributed by atoms with E-state index in [1.54, 1.807) is 6.08 Å². The van der Waals surface area contributed by atoms with E-state index in [0.29, 0.717) is 5.71 Å². The van der Waals surface area contributed by atoms with Crippen molar-refractivity contribution in [2.75, 3.05) is 5.32 Å². The number of pyridine rings is 1. The highest BCUT2D eigenvalue weighted by atomic mass is 15.0. The third-order valence-electron chi connectivity index (χ3n) is 4.04. The maximum Gasteiger partial charge on any atom is 0.130 e. The highest BCUT2D eigenvalue weighted by molar-refractivity contribution is 6.01. The Morgan fingerprint density at radius 2 is 2.21 bits per heavy atom. The number of hydrogen-bond donors (Lipinski definition) is 4. The van der Waals surface area contributed by atoms with Gasteiger partial charge in [0.1, 0.15) is 5.82 Å². The Morgan fingerprint density at radius 3 is 2.92 bits per heavy atom. The molecule has 1 aromatic rings. The predicted octanol–water partition coefficient (Wildman–Crippen LogP) is 3.84. The number of nitrogens with one attached hydrogen (secondary N) is 4. The van der Waals surface area contributed by atoms with Crippen molar-refractivity contribution in [3.63, 3.8) is 0 Å². The van der Waals surface area contributed by atoms with Crippen molar-refractivity contribution >= 4 is 17.7 Å². The Labute approximate surface area is 141 Å². The van der Waals surface area contributed by atoms with E-state index in [4.69, 9.17) is 10.8 Å². The third-order valence-corrected chi connectivity index (χ3v) is 4.04. The lowest BCUT2D eigenvalue weighted by atomic mass is 10.0. The number of allylic oxidation sites excluding steroid dienone is 4. The summed E-state index contributed by atoms with van der Waals surface area (Å²) in [5.74, 6) is 0.780. The molecule has 1 aliphatic heterocycles. The van der Waals surface area contributed by atoms with Crippen LogP contribution in [-0.4, -0.2) is 16.9 Å². The molecule has 122 valence electrons. The minimum atomic E-state index is 0.690. The van der Waals surface area contributed by atoms with Crippen molar-refractivity contribution in [1.29, 1.82) is 10.8 Å². The van der Waals surface area contributed by atoms with Gasteiger partial charge in [-0.25, -0.2) is 4.98 Å². The first kappa shape index (κ1) is 15.9. The Bertz CT molecular complexity index is 796. The molecule has 3 rings (SSSR count). The summed E-state index contributed by atoms with van der Waals surface area (Å²) in [6.07, 6.45) is 11.5. The van der Waals surface area contributed by atoms with Crippen LogP contribution in [0.3, 0.4) is 0 Å². The summed E-state index contributed by atoms with van der Waals surface area (Å²) in [4.78, 5) is 4.53. The average molecular weight is 319 g/mol. The average Bonchev–Trinajstić information content (AvgIpc) is 2.99. The maximum absolute atomic E-state index is 8.26. The topological polar surface area (TPSA) is 84.7 Å². The van der Waals surface area contributed by atoms with Gasteiger partial charge in [-0.1, -0.05) is 6.07 Å². The zero-order chi connectivity index (χ0) is 16.9. The summed E-state index contributed by atoms with van der Waals surface area (Å²) in [6, 6.07) is 5.87. The molecule has 0 unspecified atom stereocenters. The van der Waals surface area contributed by atoms with Gasteiger partial charge in [0.05, 0.1) is 5.70 Å². The fraction of sp³-hybridized carbons (Fsp3) is 0.211. The SMILES string of the molecule is Cc1cccc(N/C(C2=C/C(=C/C=N)NC=C2)=C2/CCCC2=N)n1. The molecule has 5 nitrogen and oxygen atoms in total. The van der Waals surface area contributed by atoms with E-state index in [2.05, 4.69) is 15.6 Å². The van der Waals surface area contributed by atoms with Crippen molar-refractivity contribution in [2.45, 2.75) is 26.2 Å².